The van der Waals surface area contributed by atoms with E-state index in [0.29, 0.717) is 0 Å². The Labute approximate surface area is 108 Å². The van der Waals surface area contributed by atoms with E-state index in [0.717, 1.165) is 5.56 Å². The Hall–Kier alpha value is -2.94. The molecule has 0 amide bonds. The van der Waals surface area contributed by atoms with E-state index >= 15 is 0 Å². The highest BCUT2D eigenvalue weighted by molar-refractivity contribution is 5.91. The van der Waals surface area contributed by atoms with Crippen LogP contribution in [0, 0.1) is 18.3 Å². The van der Waals surface area contributed by atoms with Crippen molar-refractivity contribution in [1.29, 1.82) is 5.26 Å². The number of ether oxygens (including phenoxy) is 1. The van der Waals surface area contributed by atoms with Crippen LogP contribution in [-0.2, 0) is 0 Å². The minimum absolute atomic E-state index is 0.000132. The molecule has 6 nitrogen and oxygen atoms in total. The molecule has 2 aromatic rings. The SMILES string of the molecule is Cc1ccc(C(=O)O)c(Oc2nccnc2C#N)c1. The predicted molar refractivity (Wildman–Crippen MR) is 65.0 cm³/mol. The predicted octanol–water partition coefficient (Wildman–Crippen LogP) is 2.15. The molecule has 1 N–H and O–H groups in total. The molecule has 0 radical (unpaired) electrons. The van der Waals surface area contributed by atoms with Gasteiger partial charge in [0.1, 0.15) is 17.4 Å². The summed E-state index contributed by atoms with van der Waals surface area (Å²) in [6.07, 6.45) is 2.73. The van der Waals surface area contributed by atoms with Gasteiger partial charge in [-0.1, -0.05) is 6.07 Å². The fraction of sp³-hybridized carbons (Fsp3) is 0.0769. The molecular formula is C13H9N3O3. The fourth-order valence-corrected chi connectivity index (χ4v) is 1.47. The van der Waals surface area contributed by atoms with E-state index in [1.54, 1.807) is 19.1 Å². The zero-order valence-electron chi connectivity index (χ0n) is 9.99. The van der Waals surface area contributed by atoms with Crippen molar-refractivity contribution in [3.63, 3.8) is 0 Å². The minimum atomic E-state index is -1.11. The van der Waals surface area contributed by atoms with Crippen molar-refractivity contribution in [1.82, 2.24) is 9.97 Å². The average Bonchev–Trinajstić information content (AvgIpc) is 2.39. The van der Waals surface area contributed by atoms with Gasteiger partial charge in [-0.2, -0.15) is 5.26 Å². The molecule has 0 aliphatic rings. The van der Waals surface area contributed by atoms with E-state index in [2.05, 4.69) is 9.97 Å². The van der Waals surface area contributed by atoms with Crippen LogP contribution >= 0.6 is 0 Å². The summed E-state index contributed by atoms with van der Waals surface area (Å²) < 4.78 is 5.40. The first-order chi connectivity index (χ1) is 9.11. The second-order valence-corrected chi connectivity index (χ2v) is 3.73. The van der Waals surface area contributed by atoms with Crippen molar-refractivity contribution in [2.75, 3.05) is 0 Å². The van der Waals surface area contributed by atoms with E-state index < -0.39 is 5.97 Å². The lowest BCUT2D eigenvalue weighted by Crippen LogP contribution is -2.02. The van der Waals surface area contributed by atoms with Crippen molar-refractivity contribution in [3.8, 4) is 17.7 Å². The molecule has 0 saturated heterocycles. The second-order valence-electron chi connectivity index (χ2n) is 3.73. The van der Waals surface area contributed by atoms with Crippen LogP contribution in [0.2, 0.25) is 0 Å². The number of aryl methyl sites for hydroxylation is 1. The molecule has 0 bridgehead atoms. The molecule has 94 valence electrons. The number of hydrogen-bond acceptors (Lipinski definition) is 5. The highest BCUT2D eigenvalue weighted by Crippen LogP contribution is 2.26. The molecule has 2 rings (SSSR count). The quantitative estimate of drug-likeness (QED) is 0.902. The largest absolute Gasteiger partial charge is 0.478 e. The first kappa shape index (κ1) is 12.5. The van der Waals surface area contributed by atoms with E-state index in [1.165, 1.54) is 18.5 Å². The first-order valence-corrected chi connectivity index (χ1v) is 5.34. The van der Waals surface area contributed by atoms with Crippen LogP contribution in [0.4, 0.5) is 0 Å². The summed E-state index contributed by atoms with van der Waals surface area (Å²) in [7, 11) is 0. The first-order valence-electron chi connectivity index (χ1n) is 5.34. The zero-order valence-corrected chi connectivity index (χ0v) is 9.99. The van der Waals surface area contributed by atoms with Gasteiger partial charge in [-0.05, 0) is 24.6 Å². The Balaban J connectivity index is 2.46. The Bertz CT molecular complexity index is 677. The highest BCUT2D eigenvalue weighted by atomic mass is 16.5. The highest BCUT2D eigenvalue weighted by Gasteiger charge is 2.15. The number of rotatable bonds is 3. The van der Waals surface area contributed by atoms with E-state index in [9.17, 15) is 4.79 Å². The molecule has 19 heavy (non-hydrogen) atoms. The third kappa shape index (κ3) is 2.66. The maximum atomic E-state index is 11.1. The summed E-state index contributed by atoms with van der Waals surface area (Å²) in [5.41, 5.74) is 0.836. The molecule has 0 unspecified atom stereocenters. The van der Waals surface area contributed by atoms with Crippen molar-refractivity contribution >= 4 is 5.97 Å². The maximum Gasteiger partial charge on any atom is 0.339 e. The Morgan fingerprint density at radius 1 is 1.37 bits per heavy atom. The van der Waals surface area contributed by atoms with Gasteiger partial charge < -0.3 is 9.84 Å². The Morgan fingerprint density at radius 3 is 2.79 bits per heavy atom. The summed E-state index contributed by atoms with van der Waals surface area (Å²) in [4.78, 5) is 18.8. The van der Waals surface area contributed by atoms with Crippen molar-refractivity contribution in [2.24, 2.45) is 0 Å². The summed E-state index contributed by atoms with van der Waals surface area (Å²) in [6, 6.07) is 6.51. The maximum absolute atomic E-state index is 11.1. The number of nitriles is 1. The summed E-state index contributed by atoms with van der Waals surface area (Å²) >= 11 is 0. The minimum Gasteiger partial charge on any atom is -0.478 e. The number of carbonyl (C=O) groups is 1. The monoisotopic (exact) mass is 255 g/mol. The van der Waals surface area contributed by atoms with E-state index in [-0.39, 0.29) is 22.9 Å². The lowest BCUT2D eigenvalue weighted by molar-refractivity contribution is 0.0694. The van der Waals surface area contributed by atoms with Gasteiger partial charge in [0, 0.05) is 12.4 Å². The topological polar surface area (TPSA) is 96.1 Å². The van der Waals surface area contributed by atoms with Gasteiger partial charge in [0.25, 0.3) is 5.88 Å². The number of aromatic carboxylic acids is 1. The number of carboxylic acid groups (broad SMARTS) is 1. The van der Waals surface area contributed by atoms with Crippen LogP contribution in [0.1, 0.15) is 21.6 Å². The number of hydrogen-bond donors (Lipinski definition) is 1. The lowest BCUT2D eigenvalue weighted by Gasteiger charge is -2.09. The number of benzene rings is 1. The zero-order chi connectivity index (χ0) is 13.8. The second kappa shape index (κ2) is 5.14. The smallest absolute Gasteiger partial charge is 0.339 e. The van der Waals surface area contributed by atoms with Gasteiger partial charge in [-0.25, -0.2) is 14.8 Å². The molecule has 0 saturated carbocycles. The summed E-state index contributed by atoms with van der Waals surface area (Å²) in [5.74, 6) is -1.00. The van der Waals surface area contributed by atoms with Gasteiger partial charge in [0.15, 0.2) is 0 Å². The normalized spacial score (nSPS) is 9.68. The molecule has 6 heteroatoms. The summed E-state index contributed by atoms with van der Waals surface area (Å²) in [5, 5.41) is 18.0. The van der Waals surface area contributed by atoms with Crippen molar-refractivity contribution in [3.05, 3.63) is 47.4 Å². The molecule has 0 spiro atoms. The molecule has 0 fully saturated rings. The van der Waals surface area contributed by atoms with Crippen LogP contribution < -0.4 is 4.74 Å². The molecule has 1 heterocycles. The van der Waals surface area contributed by atoms with Gasteiger partial charge in [-0.15, -0.1) is 0 Å². The molecule has 1 aromatic heterocycles. The fourth-order valence-electron chi connectivity index (χ4n) is 1.47. The van der Waals surface area contributed by atoms with Gasteiger partial charge in [0.2, 0.25) is 5.69 Å². The van der Waals surface area contributed by atoms with Crippen LogP contribution in [0.25, 0.3) is 0 Å². The van der Waals surface area contributed by atoms with Crippen LogP contribution in [-0.4, -0.2) is 21.0 Å². The third-order valence-electron chi connectivity index (χ3n) is 2.34. The molecule has 0 aliphatic carbocycles. The average molecular weight is 255 g/mol. The Morgan fingerprint density at radius 2 is 2.11 bits per heavy atom. The van der Waals surface area contributed by atoms with Crippen molar-refractivity contribution < 1.29 is 14.6 Å². The van der Waals surface area contributed by atoms with Crippen LogP contribution in [0.3, 0.4) is 0 Å². The lowest BCUT2D eigenvalue weighted by atomic mass is 10.1. The molecule has 0 atom stereocenters. The molecule has 0 aliphatic heterocycles. The number of nitrogens with zero attached hydrogens (tertiary/aromatic N) is 3. The van der Waals surface area contributed by atoms with Crippen molar-refractivity contribution in [2.45, 2.75) is 6.92 Å². The van der Waals surface area contributed by atoms with Gasteiger partial charge in [0.05, 0.1) is 0 Å². The van der Waals surface area contributed by atoms with Gasteiger partial charge in [-0.3, -0.25) is 0 Å². The Kier molecular flexibility index (Phi) is 3.39. The van der Waals surface area contributed by atoms with E-state index in [4.69, 9.17) is 15.1 Å². The molecule has 1 aromatic carbocycles. The third-order valence-corrected chi connectivity index (χ3v) is 2.34. The van der Waals surface area contributed by atoms with Crippen LogP contribution in [0.15, 0.2) is 30.6 Å². The standard InChI is InChI=1S/C13H9N3O3/c1-8-2-3-9(13(17)18)11(6-8)19-12-10(7-14)15-4-5-16-12/h2-6H,1H3,(H,17,18). The molecular weight excluding hydrogens is 246 g/mol. The number of aromatic nitrogens is 2. The number of carboxylic acids is 1. The van der Waals surface area contributed by atoms with E-state index in [1.807, 2.05) is 6.07 Å². The summed E-state index contributed by atoms with van der Waals surface area (Å²) in [6.45, 7) is 1.81. The van der Waals surface area contributed by atoms with Crippen LogP contribution in [0.5, 0.6) is 11.6 Å². The van der Waals surface area contributed by atoms with Gasteiger partial charge >= 0.3 is 5.97 Å².